The van der Waals surface area contributed by atoms with Crippen molar-refractivity contribution >= 4 is 51.1 Å². The highest BCUT2D eigenvalue weighted by Crippen LogP contribution is 2.37. The Bertz CT molecular complexity index is 1500. The van der Waals surface area contributed by atoms with Gasteiger partial charge in [0.25, 0.3) is 0 Å². The van der Waals surface area contributed by atoms with E-state index in [4.69, 9.17) is 0 Å². The molecule has 0 radical (unpaired) electrons. The summed E-state index contributed by atoms with van der Waals surface area (Å²) in [6.45, 7) is 2.21. The van der Waals surface area contributed by atoms with Crippen LogP contribution in [0.15, 0.2) is 67.1 Å². The summed E-state index contributed by atoms with van der Waals surface area (Å²) in [6, 6.07) is 15.8. The fraction of sp³-hybridized carbons (Fsp3) is 0.222. The summed E-state index contributed by atoms with van der Waals surface area (Å²) >= 11 is 0. The lowest BCUT2D eigenvalue weighted by Crippen LogP contribution is -2.29. The first-order valence-corrected chi connectivity index (χ1v) is 11.9. The van der Waals surface area contributed by atoms with Gasteiger partial charge in [-0.3, -0.25) is 14.8 Å². The highest BCUT2D eigenvalue weighted by Gasteiger charge is 2.22. The lowest BCUT2D eigenvalue weighted by atomic mass is 9.89. The largest absolute Gasteiger partial charge is 0.361 e. The maximum absolute atomic E-state index is 12.4. The molecule has 0 atom stereocenters. The zero-order chi connectivity index (χ0) is 23.8. The van der Waals surface area contributed by atoms with E-state index in [-0.39, 0.29) is 0 Å². The van der Waals surface area contributed by atoms with Gasteiger partial charge in [0.15, 0.2) is 5.82 Å². The zero-order valence-electron chi connectivity index (χ0n) is 19.5. The molecule has 2 aromatic carbocycles. The van der Waals surface area contributed by atoms with Crippen molar-refractivity contribution in [1.82, 2.24) is 25.1 Å². The Labute approximate surface area is 203 Å². The number of nitrogens with one attached hydrogen (secondary N) is 3. The van der Waals surface area contributed by atoms with Gasteiger partial charge in [-0.1, -0.05) is 0 Å². The van der Waals surface area contributed by atoms with E-state index in [9.17, 15) is 4.79 Å². The fourth-order valence-corrected chi connectivity index (χ4v) is 5.03. The van der Waals surface area contributed by atoms with Crippen LogP contribution in [0.4, 0.5) is 22.9 Å². The van der Waals surface area contributed by atoms with Crippen LogP contribution in [-0.4, -0.2) is 51.6 Å². The molecule has 4 heterocycles. The molecule has 176 valence electrons. The average Bonchev–Trinajstić information content (AvgIpc) is 3.53. The minimum Gasteiger partial charge on any atom is -0.361 e. The van der Waals surface area contributed by atoms with Crippen molar-refractivity contribution in [3.8, 4) is 0 Å². The third kappa shape index (κ3) is 4.02. The number of H-pyrrole nitrogens is 2. The number of aromatic amines is 2. The molecular weight excluding hydrogens is 438 g/mol. The first-order valence-electron chi connectivity index (χ1n) is 11.9. The molecule has 0 bridgehead atoms. The predicted octanol–water partition coefficient (Wildman–Crippen LogP) is 5.29. The number of fused-ring (bicyclic) bond motifs is 2. The van der Waals surface area contributed by atoms with Crippen molar-refractivity contribution in [1.29, 1.82) is 0 Å². The number of likely N-dealkylation sites (tertiary alicyclic amines) is 1. The molecule has 0 spiro atoms. The molecule has 0 saturated carbocycles. The van der Waals surface area contributed by atoms with Gasteiger partial charge in [0.2, 0.25) is 6.41 Å². The Morgan fingerprint density at radius 3 is 2.86 bits per heavy atom. The highest BCUT2D eigenvalue weighted by atomic mass is 16.1. The number of carbonyl (C=O) groups is 1. The van der Waals surface area contributed by atoms with Gasteiger partial charge in [-0.15, -0.1) is 0 Å². The molecule has 0 aliphatic carbocycles. The maximum Gasteiger partial charge on any atom is 0.218 e. The fourth-order valence-electron chi connectivity index (χ4n) is 5.03. The van der Waals surface area contributed by atoms with Gasteiger partial charge in [-0.2, -0.15) is 5.10 Å². The Morgan fingerprint density at radius 1 is 1.11 bits per heavy atom. The minimum atomic E-state index is 0.521. The SMILES string of the molecule is CN1CCC(c2c[nH]c3ccc(N(C=O)c4cccnc4Nc4ccc5cn[nH]c5c4)cc23)CC1. The maximum atomic E-state index is 12.4. The van der Waals surface area contributed by atoms with Crippen LogP contribution in [0, 0.1) is 0 Å². The van der Waals surface area contributed by atoms with Crippen LogP contribution in [0.1, 0.15) is 24.3 Å². The number of hydrogen-bond acceptors (Lipinski definition) is 5. The molecule has 3 N–H and O–H groups in total. The first kappa shape index (κ1) is 21.4. The molecule has 6 rings (SSSR count). The Kier molecular flexibility index (Phi) is 5.42. The Morgan fingerprint density at radius 2 is 2.00 bits per heavy atom. The van der Waals surface area contributed by atoms with Crippen LogP contribution in [0.3, 0.4) is 0 Å². The van der Waals surface area contributed by atoms with Crippen LogP contribution in [0.25, 0.3) is 21.8 Å². The molecular formula is C27H27N7O. The lowest BCUT2D eigenvalue weighted by molar-refractivity contribution is -0.106. The standard InChI is InChI=1S/C27H27N7O/c1-33-11-8-18(9-12-33)23-16-29-24-7-6-21(14-22(23)24)34(17-35)26-3-2-10-28-27(26)31-20-5-4-19-15-30-32-25(19)13-20/h2-7,10,13-18,29H,8-9,11-12H2,1H3,(H,28,31)(H,30,32). The van der Waals surface area contributed by atoms with Crippen molar-refractivity contribution in [2.75, 3.05) is 30.4 Å². The molecule has 8 nitrogen and oxygen atoms in total. The van der Waals surface area contributed by atoms with Gasteiger partial charge < -0.3 is 15.2 Å². The molecule has 35 heavy (non-hydrogen) atoms. The molecule has 8 heteroatoms. The summed E-state index contributed by atoms with van der Waals surface area (Å²) in [5.41, 5.74) is 5.70. The van der Waals surface area contributed by atoms with Gasteiger partial charge >= 0.3 is 0 Å². The van der Waals surface area contributed by atoms with E-state index >= 15 is 0 Å². The summed E-state index contributed by atoms with van der Waals surface area (Å²) in [5.74, 6) is 1.12. The smallest absolute Gasteiger partial charge is 0.218 e. The molecule has 0 unspecified atom stereocenters. The van der Waals surface area contributed by atoms with Crippen LogP contribution in [0.5, 0.6) is 0 Å². The second-order valence-electron chi connectivity index (χ2n) is 9.20. The second kappa shape index (κ2) is 8.88. The summed E-state index contributed by atoms with van der Waals surface area (Å²) < 4.78 is 0. The predicted molar refractivity (Wildman–Crippen MR) is 140 cm³/mol. The Balaban J connectivity index is 1.35. The summed E-state index contributed by atoms with van der Waals surface area (Å²) in [5, 5.41) is 12.6. The third-order valence-corrected chi connectivity index (χ3v) is 6.99. The molecule has 1 aliphatic rings. The van der Waals surface area contributed by atoms with E-state index in [1.807, 2.05) is 36.4 Å². The highest BCUT2D eigenvalue weighted by molar-refractivity contribution is 5.96. The third-order valence-electron chi connectivity index (χ3n) is 6.99. The normalized spacial score (nSPS) is 15.0. The molecule has 5 aromatic rings. The number of aromatic nitrogens is 4. The van der Waals surface area contributed by atoms with Crippen LogP contribution in [0.2, 0.25) is 0 Å². The van der Waals surface area contributed by atoms with Crippen LogP contribution >= 0.6 is 0 Å². The van der Waals surface area contributed by atoms with E-state index in [2.05, 4.69) is 55.8 Å². The quantitative estimate of drug-likeness (QED) is 0.297. The average molecular weight is 466 g/mol. The summed E-state index contributed by atoms with van der Waals surface area (Å²) in [6.07, 6.45) is 8.78. The van der Waals surface area contributed by atoms with Gasteiger partial charge in [0, 0.05) is 40.1 Å². The van der Waals surface area contributed by atoms with E-state index in [1.54, 1.807) is 17.3 Å². The van der Waals surface area contributed by atoms with Crippen molar-refractivity contribution in [2.45, 2.75) is 18.8 Å². The van der Waals surface area contributed by atoms with E-state index < -0.39 is 0 Å². The van der Waals surface area contributed by atoms with Crippen LogP contribution < -0.4 is 10.2 Å². The number of benzene rings is 2. The number of hydrogen-bond donors (Lipinski definition) is 3. The number of anilines is 4. The second-order valence-corrected chi connectivity index (χ2v) is 9.20. The number of pyridine rings is 1. The number of rotatable bonds is 6. The van der Waals surface area contributed by atoms with Crippen molar-refractivity contribution in [2.24, 2.45) is 0 Å². The molecule has 1 saturated heterocycles. The van der Waals surface area contributed by atoms with Crippen molar-refractivity contribution < 1.29 is 4.79 Å². The molecule has 1 fully saturated rings. The van der Waals surface area contributed by atoms with Crippen LogP contribution in [-0.2, 0) is 4.79 Å². The number of amides is 1. The van der Waals surface area contributed by atoms with Crippen molar-refractivity contribution in [3.05, 3.63) is 72.7 Å². The first-order chi connectivity index (χ1) is 17.2. The van der Waals surface area contributed by atoms with Gasteiger partial charge in [0.05, 0.1) is 17.4 Å². The zero-order valence-corrected chi connectivity index (χ0v) is 19.5. The van der Waals surface area contributed by atoms with Gasteiger partial charge in [-0.05, 0) is 93.0 Å². The Hall–Kier alpha value is -4.17. The van der Waals surface area contributed by atoms with E-state index in [1.165, 1.54) is 10.9 Å². The summed E-state index contributed by atoms with van der Waals surface area (Å²) in [4.78, 5) is 24.4. The number of piperidine rings is 1. The number of carbonyl (C=O) groups excluding carboxylic acids is 1. The monoisotopic (exact) mass is 465 g/mol. The van der Waals surface area contributed by atoms with Gasteiger partial charge in [0.1, 0.15) is 0 Å². The van der Waals surface area contributed by atoms with Crippen molar-refractivity contribution in [3.63, 3.8) is 0 Å². The lowest BCUT2D eigenvalue weighted by Gasteiger charge is -2.29. The number of nitrogens with zero attached hydrogens (tertiary/aromatic N) is 4. The van der Waals surface area contributed by atoms with Gasteiger partial charge in [-0.25, -0.2) is 4.98 Å². The topological polar surface area (TPSA) is 92.9 Å². The van der Waals surface area contributed by atoms with E-state index in [0.29, 0.717) is 17.4 Å². The minimum absolute atomic E-state index is 0.521. The summed E-state index contributed by atoms with van der Waals surface area (Å²) in [7, 11) is 2.18. The van der Waals surface area contributed by atoms with E-state index in [0.717, 1.165) is 60.1 Å². The molecule has 3 aromatic heterocycles. The molecule has 1 amide bonds. The molecule has 1 aliphatic heterocycles.